The first-order chi connectivity index (χ1) is 8.35. The van der Waals surface area contributed by atoms with Gasteiger partial charge in [0.1, 0.15) is 11.0 Å². The van der Waals surface area contributed by atoms with Crippen LogP contribution in [0.2, 0.25) is 0 Å². The van der Waals surface area contributed by atoms with E-state index < -0.39 is 11.0 Å². The van der Waals surface area contributed by atoms with E-state index in [4.69, 9.17) is 0 Å². The second-order valence-corrected chi connectivity index (χ2v) is 5.17. The lowest BCUT2D eigenvalue weighted by Gasteiger charge is -2.44. The van der Waals surface area contributed by atoms with E-state index in [0.717, 1.165) is 0 Å². The first-order valence-electron chi connectivity index (χ1n) is 6.37. The van der Waals surface area contributed by atoms with Crippen molar-refractivity contribution in [3.05, 3.63) is 0 Å². The highest BCUT2D eigenvalue weighted by Crippen LogP contribution is 2.32. The maximum Gasteiger partial charge on any atom is 0.245 e. The molecule has 0 aromatic heterocycles. The van der Waals surface area contributed by atoms with Gasteiger partial charge in [0.25, 0.3) is 0 Å². The summed E-state index contributed by atoms with van der Waals surface area (Å²) in [5.41, 5.74) is -1.89. The summed E-state index contributed by atoms with van der Waals surface area (Å²) >= 11 is 0. The van der Waals surface area contributed by atoms with Crippen molar-refractivity contribution in [3.63, 3.8) is 0 Å². The van der Waals surface area contributed by atoms with E-state index in [0.29, 0.717) is 25.9 Å². The minimum Gasteiger partial charge on any atom is -0.352 e. The Morgan fingerprint density at radius 2 is 2.06 bits per heavy atom. The first-order valence-corrected chi connectivity index (χ1v) is 6.37. The van der Waals surface area contributed by atoms with Gasteiger partial charge in [0.05, 0.1) is 6.07 Å². The van der Waals surface area contributed by atoms with Crippen molar-refractivity contribution in [1.29, 1.82) is 5.26 Å². The van der Waals surface area contributed by atoms with Crippen LogP contribution in [-0.2, 0) is 9.59 Å². The van der Waals surface area contributed by atoms with E-state index in [1.54, 1.807) is 18.7 Å². The Balaban J connectivity index is 3.10. The molecule has 0 spiro atoms. The number of hydrogen-bond acceptors (Lipinski definition) is 3. The molecule has 0 aliphatic carbocycles. The molecule has 100 valence electrons. The predicted octanol–water partition coefficient (Wildman–Crippen LogP) is 1.05. The average Bonchev–Trinajstić information content (AvgIpc) is 2.35. The van der Waals surface area contributed by atoms with Crippen molar-refractivity contribution in [3.8, 4) is 6.07 Å². The highest BCUT2D eigenvalue weighted by Gasteiger charge is 2.47. The smallest absolute Gasteiger partial charge is 0.245 e. The molecule has 0 bridgehead atoms. The van der Waals surface area contributed by atoms with Crippen molar-refractivity contribution in [2.75, 3.05) is 13.1 Å². The molecule has 1 heterocycles. The molecule has 1 rings (SSSR count). The summed E-state index contributed by atoms with van der Waals surface area (Å²) < 4.78 is 0. The minimum atomic E-state index is -1.01. The molecular weight excluding hydrogens is 230 g/mol. The van der Waals surface area contributed by atoms with Crippen molar-refractivity contribution >= 4 is 11.8 Å². The molecule has 1 aliphatic heterocycles. The molecule has 1 N–H and O–H groups in total. The number of piperazine rings is 1. The summed E-state index contributed by atoms with van der Waals surface area (Å²) in [7, 11) is 0. The number of nitrogens with one attached hydrogen (secondary N) is 1. The lowest BCUT2D eigenvalue weighted by atomic mass is 9.80. The SMILES string of the molecule is CCC(C#N)(CC)C(=O)N1CCNC(=O)C1(C)C. The molecule has 5 heteroatoms. The van der Waals surface area contributed by atoms with Gasteiger partial charge in [-0.05, 0) is 26.7 Å². The largest absolute Gasteiger partial charge is 0.352 e. The summed E-state index contributed by atoms with van der Waals surface area (Å²) in [6.07, 6.45) is 0.931. The van der Waals surface area contributed by atoms with Gasteiger partial charge in [0, 0.05) is 13.1 Å². The summed E-state index contributed by atoms with van der Waals surface area (Å²) in [6.45, 7) is 8.01. The molecule has 1 aliphatic rings. The molecule has 1 saturated heterocycles. The maximum absolute atomic E-state index is 12.6. The summed E-state index contributed by atoms with van der Waals surface area (Å²) in [6, 6.07) is 2.14. The van der Waals surface area contributed by atoms with Gasteiger partial charge in [0.2, 0.25) is 11.8 Å². The van der Waals surface area contributed by atoms with Crippen LogP contribution in [0.3, 0.4) is 0 Å². The Morgan fingerprint density at radius 1 is 1.50 bits per heavy atom. The number of amides is 2. The number of carbonyl (C=O) groups is 2. The van der Waals surface area contributed by atoms with Gasteiger partial charge in [-0.15, -0.1) is 0 Å². The molecule has 0 radical (unpaired) electrons. The highest BCUT2D eigenvalue weighted by atomic mass is 16.2. The van der Waals surface area contributed by atoms with E-state index in [1.807, 2.05) is 13.8 Å². The van der Waals surface area contributed by atoms with Crippen LogP contribution in [-0.4, -0.2) is 35.3 Å². The third-order valence-corrected chi connectivity index (χ3v) is 3.93. The third-order valence-electron chi connectivity index (χ3n) is 3.93. The topological polar surface area (TPSA) is 73.2 Å². The maximum atomic E-state index is 12.6. The molecule has 5 nitrogen and oxygen atoms in total. The molecule has 0 saturated carbocycles. The molecular formula is C13H21N3O2. The third kappa shape index (κ3) is 2.07. The Bertz CT molecular complexity index is 392. The fourth-order valence-corrected chi connectivity index (χ4v) is 2.27. The highest BCUT2D eigenvalue weighted by molar-refractivity contribution is 5.94. The summed E-state index contributed by atoms with van der Waals surface area (Å²) in [4.78, 5) is 26.0. The fourth-order valence-electron chi connectivity index (χ4n) is 2.27. The van der Waals surface area contributed by atoms with Crippen LogP contribution < -0.4 is 5.32 Å². The van der Waals surface area contributed by atoms with Gasteiger partial charge in [-0.25, -0.2) is 0 Å². The predicted molar refractivity (Wildman–Crippen MR) is 67.4 cm³/mol. The number of nitrogens with zero attached hydrogens (tertiary/aromatic N) is 2. The quantitative estimate of drug-likeness (QED) is 0.815. The van der Waals surface area contributed by atoms with Crippen LogP contribution in [0.4, 0.5) is 0 Å². The van der Waals surface area contributed by atoms with Gasteiger partial charge in [-0.3, -0.25) is 9.59 Å². The van der Waals surface area contributed by atoms with Crippen LogP contribution in [0.5, 0.6) is 0 Å². The zero-order chi connectivity index (χ0) is 14.0. The first kappa shape index (κ1) is 14.5. The minimum absolute atomic E-state index is 0.166. The molecule has 0 atom stereocenters. The zero-order valence-corrected chi connectivity index (χ0v) is 11.5. The molecule has 1 fully saturated rings. The van der Waals surface area contributed by atoms with Gasteiger partial charge in [0.15, 0.2) is 0 Å². The van der Waals surface area contributed by atoms with Crippen molar-refractivity contribution in [1.82, 2.24) is 10.2 Å². The lowest BCUT2D eigenvalue weighted by molar-refractivity contribution is -0.154. The van der Waals surface area contributed by atoms with E-state index in [9.17, 15) is 14.9 Å². The second kappa shape index (κ2) is 4.97. The van der Waals surface area contributed by atoms with Crippen LogP contribution in [0.1, 0.15) is 40.5 Å². The number of hydrogen-bond donors (Lipinski definition) is 1. The average molecular weight is 251 g/mol. The molecule has 18 heavy (non-hydrogen) atoms. The summed E-state index contributed by atoms with van der Waals surface area (Å²) in [5, 5.41) is 12.1. The normalized spacial score (nSPS) is 19.1. The Morgan fingerprint density at radius 3 is 2.50 bits per heavy atom. The molecule has 2 amide bonds. The lowest BCUT2D eigenvalue weighted by Crippen LogP contribution is -2.65. The number of rotatable bonds is 3. The van der Waals surface area contributed by atoms with Crippen LogP contribution in [0, 0.1) is 16.7 Å². The number of carbonyl (C=O) groups excluding carboxylic acids is 2. The van der Waals surface area contributed by atoms with E-state index >= 15 is 0 Å². The van der Waals surface area contributed by atoms with E-state index in [-0.39, 0.29) is 11.8 Å². The van der Waals surface area contributed by atoms with E-state index in [1.165, 1.54) is 0 Å². The standard InChI is InChI=1S/C13H21N3O2/c1-5-13(6-2,9-14)11(18)16-8-7-15-10(17)12(16,3)4/h5-8H2,1-4H3,(H,15,17). The van der Waals surface area contributed by atoms with Gasteiger partial charge in [-0.1, -0.05) is 13.8 Å². The van der Waals surface area contributed by atoms with Crippen LogP contribution in [0.15, 0.2) is 0 Å². The monoisotopic (exact) mass is 251 g/mol. The Kier molecular flexibility index (Phi) is 4.00. The molecule has 0 aromatic rings. The zero-order valence-electron chi connectivity index (χ0n) is 11.5. The van der Waals surface area contributed by atoms with Crippen molar-refractivity contribution in [2.45, 2.75) is 46.1 Å². The van der Waals surface area contributed by atoms with Crippen molar-refractivity contribution in [2.24, 2.45) is 5.41 Å². The molecule has 0 aromatic carbocycles. The van der Waals surface area contributed by atoms with Gasteiger partial charge < -0.3 is 10.2 Å². The van der Waals surface area contributed by atoms with Crippen LogP contribution in [0.25, 0.3) is 0 Å². The van der Waals surface area contributed by atoms with Crippen LogP contribution >= 0.6 is 0 Å². The Labute approximate surface area is 108 Å². The van der Waals surface area contributed by atoms with E-state index in [2.05, 4.69) is 11.4 Å². The second-order valence-electron chi connectivity index (χ2n) is 5.17. The van der Waals surface area contributed by atoms with Gasteiger partial charge >= 0.3 is 0 Å². The number of nitriles is 1. The van der Waals surface area contributed by atoms with Crippen molar-refractivity contribution < 1.29 is 9.59 Å². The molecule has 0 unspecified atom stereocenters. The summed E-state index contributed by atoms with van der Waals surface area (Å²) in [5.74, 6) is -0.393. The Hall–Kier alpha value is -1.57. The fraction of sp³-hybridized carbons (Fsp3) is 0.769. The van der Waals surface area contributed by atoms with Gasteiger partial charge in [-0.2, -0.15) is 5.26 Å².